The van der Waals surface area contributed by atoms with Gasteiger partial charge in [0.25, 0.3) is 0 Å². The molecule has 0 aromatic heterocycles. The number of allylic oxidation sites excluding steroid dienone is 2. The zero-order valence-electron chi connectivity index (χ0n) is 9.02. The summed E-state index contributed by atoms with van der Waals surface area (Å²) in [4.78, 5) is 0. The molecule has 3 heteroatoms. The summed E-state index contributed by atoms with van der Waals surface area (Å²) in [5, 5.41) is 10.7. The van der Waals surface area contributed by atoms with Gasteiger partial charge in [-0.15, -0.1) is 5.76 Å². The molecule has 0 unspecified atom stereocenters. The first-order valence-electron chi connectivity index (χ1n) is 4.13. The van der Waals surface area contributed by atoms with Gasteiger partial charge < -0.3 is 5.11 Å². The normalized spacial score (nSPS) is 10.0. The Bertz CT molecular complexity index is 103. The Balaban J connectivity index is -0.000000405. The van der Waals surface area contributed by atoms with Gasteiger partial charge in [0.15, 0.2) is 0 Å². The Morgan fingerprint density at radius 1 is 1.25 bits per heavy atom. The van der Waals surface area contributed by atoms with E-state index in [0.717, 1.165) is 12.8 Å². The number of rotatable bonds is 5. The summed E-state index contributed by atoms with van der Waals surface area (Å²) in [5.41, 5.74) is 0. The predicted octanol–water partition coefficient (Wildman–Crippen LogP) is -1.16. The summed E-state index contributed by atoms with van der Waals surface area (Å²) in [6.45, 7) is 3.98. The molecule has 0 heterocycles. The Morgan fingerprint density at radius 3 is 2.25 bits per heavy atom. The van der Waals surface area contributed by atoms with Crippen LogP contribution in [0.25, 0.3) is 0 Å². The minimum atomic E-state index is 0. The van der Waals surface area contributed by atoms with Crippen molar-refractivity contribution < 1.29 is 24.0 Å². The summed E-state index contributed by atoms with van der Waals surface area (Å²) >= 11 is 0. The van der Waals surface area contributed by atoms with Gasteiger partial charge >= 0.3 is 18.9 Å². The van der Waals surface area contributed by atoms with Gasteiger partial charge in [-0.1, -0.05) is 38.7 Å². The van der Waals surface area contributed by atoms with Crippen LogP contribution in [0.15, 0.2) is 11.8 Å². The maximum absolute atomic E-state index is 10.7. The molecule has 1 nitrogen and oxygen atoms in total. The second kappa shape index (κ2) is 14.3. The van der Waals surface area contributed by atoms with Crippen molar-refractivity contribution in [2.75, 3.05) is 0 Å². The van der Waals surface area contributed by atoms with E-state index in [1.165, 1.54) is 19.3 Å². The molecule has 61 valence electrons. The van der Waals surface area contributed by atoms with Crippen LogP contribution in [0.2, 0.25) is 0 Å². The van der Waals surface area contributed by atoms with Crippen molar-refractivity contribution in [3.63, 3.8) is 0 Å². The van der Waals surface area contributed by atoms with Crippen LogP contribution in [0, 0.1) is 0 Å². The largest absolute Gasteiger partial charge is 1.00 e. The smallest absolute Gasteiger partial charge is 0.876 e. The SMILES string of the molecule is C/C=C(\[O-])CCCCCC.[Li+].[Li]. The fourth-order valence-electron chi connectivity index (χ4n) is 0.870. The van der Waals surface area contributed by atoms with Crippen molar-refractivity contribution in [3.8, 4) is 0 Å². The van der Waals surface area contributed by atoms with Crippen molar-refractivity contribution in [1.82, 2.24) is 0 Å². The summed E-state index contributed by atoms with van der Waals surface area (Å²) in [6.07, 6.45) is 7.18. The molecule has 0 bridgehead atoms. The van der Waals surface area contributed by atoms with Gasteiger partial charge in [-0.05, 0) is 13.3 Å². The third kappa shape index (κ3) is 13.3. The predicted molar refractivity (Wildman–Crippen MR) is 48.3 cm³/mol. The monoisotopic (exact) mass is 155 g/mol. The van der Waals surface area contributed by atoms with Crippen molar-refractivity contribution in [2.45, 2.75) is 46.0 Å². The van der Waals surface area contributed by atoms with Gasteiger partial charge in [-0.2, -0.15) is 0 Å². The second-order valence-corrected chi connectivity index (χ2v) is 2.57. The van der Waals surface area contributed by atoms with E-state index in [4.69, 9.17) is 0 Å². The van der Waals surface area contributed by atoms with E-state index in [9.17, 15) is 5.11 Å². The van der Waals surface area contributed by atoms with Crippen LogP contribution in [-0.4, -0.2) is 18.9 Å². The van der Waals surface area contributed by atoms with Crippen LogP contribution in [-0.2, 0) is 0 Å². The van der Waals surface area contributed by atoms with Crippen LogP contribution in [0.4, 0.5) is 0 Å². The summed E-state index contributed by atoms with van der Waals surface area (Å²) in [7, 11) is 0. The van der Waals surface area contributed by atoms with Crippen molar-refractivity contribution in [3.05, 3.63) is 11.8 Å². The molecule has 0 aliphatic rings. The molecule has 0 amide bonds. The van der Waals surface area contributed by atoms with E-state index in [-0.39, 0.29) is 43.5 Å². The molecule has 1 radical (unpaired) electrons. The van der Waals surface area contributed by atoms with Crippen molar-refractivity contribution in [2.24, 2.45) is 0 Å². The fourth-order valence-corrected chi connectivity index (χ4v) is 0.870. The molecule has 12 heavy (non-hydrogen) atoms. The van der Waals surface area contributed by atoms with Crippen molar-refractivity contribution >= 4 is 18.9 Å². The van der Waals surface area contributed by atoms with Gasteiger partial charge in [0.05, 0.1) is 0 Å². The molecular formula is C9H17Li2O. The molecular weight excluding hydrogens is 138 g/mol. The second-order valence-electron chi connectivity index (χ2n) is 2.57. The first-order chi connectivity index (χ1) is 4.81. The van der Waals surface area contributed by atoms with Gasteiger partial charge in [-0.3, -0.25) is 0 Å². The minimum Gasteiger partial charge on any atom is -0.876 e. The Hall–Kier alpha value is 0.735. The van der Waals surface area contributed by atoms with Crippen LogP contribution >= 0.6 is 0 Å². The molecule has 0 aromatic carbocycles. The van der Waals surface area contributed by atoms with E-state index < -0.39 is 0 Å². The van der Waals surface area contributed by atoms with Crippen LogP contribution in [0.1, 0.15) is 46.0 Å². The van der Waals surface area contributed by atoms with Crippen LogP contribution in [0.5, 0.6) is 0 Å². The molecule has 0 spiro atoms. The molecule has 0 saturated carbocycles. The number of hydrogen-bond acceptors (Lipinski definition) is 1. The third-order valence-electron chi connectivity index (χ3n) is 1.60. The summed E-state index contributed by atoms with van der Waals surface area (Å²) in [5.74, 6) is 0.288. The number of hydrogen-bond donors (Lipinski definition) is 0. The maximum atomic E-state index is 10.7. The van der Waals surface area contributed by atoms with E-state index in [0.29, 0.717) is 0 Å². The van der Waals surface area contributed by atoms with Gasteiger partial charge in [0, 0.05) is 18.9 Å². The quantitative estimate of drug-likeness (QED) is 0.279. The fraction of sp³-hybridized carbons (Fsp3) is 0.778. The molecule has 0 aliphatic heterocycles. The van der Waals surface area contributed by atoms with Gasteiger partial charge in [0.1, 0.15) is 0 Å². The number of unbranched alkanes of at least 4 members (excludes halogenated alkanes) is 3. The summed E-state index contributed by atoms with van der Waals surface area (Å²) in [6, 6.07) is 0. The summed E-state index contributed by atoms with van der Waals surface area (Å²) < 4.78 is 0. The van der Waals surface area contributed by atoms with Crippen molar-refractivity contribution in [1.29, 1.82) is 0 Å². The molecule has 0 aromatic rings. The van der Waals surface area contributed by atoms with Crippen LogP contribution < -0.4 is 24.0 Å². The first kappa shape index (κ1) is 18.5. The maximum Gasteiger partial charge on any atom is 1.00 e. The average Bonchev–Trinajstić information content (AvgIpc) is 1.98. The molecule has 0 fully saturated rings. The van der Waals surface area contributed by atoms with E-state index in [1.54, 1.807) is 6.08 Å². The zero-order valence-corrected chi connectivity index (χ0v) is 9.02. The standard InChI is InChI=1S/C9H18O.2Li/c1-3-5-6-7-8-9(10)4-2;;/h4,10H,3,5-8H2,1-2H3;;/q;;+1/p-1/b9-4-;;. The molecule has 0 saturated heterocycles. The van der Waals surface area contributed by atoms with Crippen LogP contribution in [0.3, 0.4) is 0 Å². The first-order valence-corrected chi connectivity index (χ1v) is 4.13. The average molecular weight is 155 g/mol. The Morgan fingerprint density at radius 2 is 1.83 bits per heavy atom. The zero-order chi connectivity index (χ0) is 7.82. The van der Waals surface area contributed by atoms with E-state index in [1.807, 2.05) is 6.92 Å². The topological polar surface area (TPSA) is 23.1 Å². The molecule has 0 rings (SSSR count). The molecule has 0 aliphatic carbocycles. The molecule has 0 atom stereocenters. The van der Waals surface area contributed by atoms with Gasteiger partial charge in [0.2, 0.25) is 0 Å². The Labute approximate surface area is 100 Å². The van der Waals surface area contributed by atoms with Gasteiger partial charge in [-0.25, -0.2) is 0 Å². The third-order valence-corrected chi connectivity index (χ3v) is 1.60. The Kier molecular flexibility index (Phi) is 22.0. The molecule has 0 N–H and O–H groups in total. The van der Waals surface area contributed by atoms with E-state index >= 15 is 0 Å². The minimum absolute atomic E-state index is 0. The van der Waals surface area contributed by atoms with E-state index in [2.05, 4.69) is 6.92 Å².